The maximum absolute atomic E-state index is 12.0. The Kier molecular flexibility index (Phi) is 7.53. The van der Waals surface area contributed by atoms with E-state index in [9.17, 15) is 4.79 Å². The van der Waals surface area contributed by atoms with Crippen molar-refractivity contribution < 1.29 is 14.3 Å². The number of carbonyl (C=O) groups excluding carboxylic acids is 1. The number of esters is 1. The molecule has 3 heteroatoms. The maximum Gasteiger partial charge on any atom is 0.308 e. The second-order valence-corrected chi connectivity index (χ2v) is 7.72. The van der Waals surface area contributed by atoms with E-state index in [0.29, 0.717) is 6.61 Å². The zero-order valence-electron chi connectivity index (χ0n) is 16.1. The number of allylic oxidation sites excluding steroid dienone is 1. The van der Waals surface area contributed by atoms with E-state index in [1.165, 1.54) is 0 Å². The fourth-order valence-electron chi connectivity index (χ4n) is 2.69. The molecule has 1 aromatic rings. The van der Waals surface area contributed by atoms with Gasteiger partial charge in [0.15, 0.2) is 0 Å². The topological polar surface area (TPSA) is 35.5 Å². The Bertz CT molecular complexity index is 541. The molecule has 3 nitrogen and oxygen atoms in total. The van der Waals surface area contributed by atoms with Gasteiger partial charge in [0, 0.05) is 5.41 Å². The van der Waals surface area contributed by atoms with E-state index in [0.717, 1.165) is 11.1 Å². The minimum atomic E-state index is -0.272. The highest BCUT2D eigenvalue weighted by atomic mass is 16.5. The lowest BCUT2D eigenvalue weighted by atomic mass is 9.81. The van der Waals surface area contributed by atoms with Gasteiger partial charge in [0.2, 0.25) is 0 Å². The van der Waals surface area contributed by atoms with Crippen LogP contribution in [0.4, 0.5) is 0 Å². The number of rotatable bonds is 8. The van der Waals surface area contributed by atoms with Gasteiger partial charge in [-0.3, -0.25) is 4.79 Å². The highest BCUT2D eigenvalue weighted by Gasteiger charge is 2.36. The average molecular weight is 332 g/mol. The Hall–Kier alpha value is -1.77. The summed E-state index contributed by atoms with van der Waals surface area (Å²) >= 11 is 0. The molecule has 24 heavy (non-hydrogen) atoms. The van der Waals surface area contributed by atoms with Gasteiger partial charge in [0.25, 0.3) is 0 Å². The molecule has 0 saturated carbocycles. The molecule has 134 valence electrons. The Morgan fingerprint density at radius 3 is 2.21 bits per heavy atom. The summed E-state index contributed by atoms with van der Waals surface area (Å²) in [5.41, 5.74) is 1.94. The first kappa shape index (κ1) is 20.3. The van der Waals surface area contributed by atoms with E-state index in [1.54, 1.807) is 6.26 Å². The Balaban J connectivity index is 2.73. The van der Waals surface area contributed by atoms with Gasteiger partial charge in [-0.25, -0.2) is 0 Å². The van der Waals surface area contributed by atoms with Gasteiger partial charge in [-0.15, -0.1) is 0 Å². The molecule has 0 amide bonds. The number of carbonyl (C=O) groups is 1. The van der Waals surface area contributed by atoms with Crippen molar-refractivity contribution in [3.63, 3.8) is 0 Å². The summed E-state index contributed by atoms with van der Waals surface area (Å²) in [6.07, 6.45) is 1.61. The third-order valence-electron chi connectivity index (χ3n) is 4.03. The number of benzene rings is 1. The van der Waals surface area contributed by atoms with Gasteiger partial charge in [-0.05, 0) is 24.0 Å². The van der Waals surface area contributed by atoms with Crippen molar-refractivity contribution in [3.8, 4) is 0 Å². The summed E-state index contributed by atoms with van der Waals surface area (Å²) in [5, 5.41) is 0. The first-order chi connectivity index (χ1) is 11.1. The van der Waals surface area contributed by atoms with Crippen LogP contribution in [0.5, 0.6) is 0 Å². The van der Waals surface area contributed by atoms with Crippen LogP contribution in [-0.4, -0.2) is 18.7 Å². The zero-order valence-corrected chi connectivity index (χ0v) is 16.1. The van der Waals surface area contributed by atoms with Crippen LogP contribution in [0.15, 0.2) is 36.6 Å². The lowest BCUT2D eigenvalue weighted by Gasteiger charge is -2.36. The molecule has 0 heterocycles. The van der Waals surface area contributed by atoms with Crippen LogP contribution >= 0.6 is 0 Å². The predicted octanol–water partition coefficient (Wildman–Crippen LogP) is 5.31. The highest BCUT2D eigenvalue weighted by molar-refractivity contribution is 5.71. The molecule has 1 unspecified atom stereocenters. The van der Waals surface area contributed by atoms with Crippen LogP contribution in [0, 0.1) is 17.3 Å². The van der Waals surface area contributed by atoms with Crippen molar-refractivity contribution in [2.24, 2.45) is 17.3 Å². The normalized spacial score (nSPS) is 14.0. The van der Waals surface area contributed by atoms with E-state index in [4.69, 9.17) is 9.47 Å². The number of hydrogen-bond acceptors (Lipinski definition) is 3. The monoisotopic (exact) mass is 332 g/mol. The van der Waals surface area contributed by atoms with Crippen LogP contribution < -0.4 is 0 Å². The molecule has 1 atom stereocenters. The minimum Gasteiger partial charge on any atom is -0.500 e. The molecule has 0 fully saturated rings. The zero-order chi connectivity index (χ0) is 18.3. The molecular formula is C21H32O3. The van der Waals surface area contributed by atoms with Crippen LogP contribution in [0.1, 0.15) is 54.0 Å². The van der Waals surface area contributed by atoms with Crippen LogP contribution in [0.2, 0.25) is 0 Å². The maximum atomic E-state index is 12.0. The first-order valence-corrected chi connectivity index (χ1v) is 8.69. The van der Waals surface area contributed by atoms with Crippen molar-refractivity contribution in [2.45, 2.75) is 54.6 Å². The van der Waals surface area contributed by atoms with Crippen molar-refractivity contribution in [1.29, 1.82) is 0 Å². The molecule has 1 aromatic carbocycles. The fraction of sp³-hybridized carbons (Fsp3) is 0.571. The second kappa shape index (κ2) is 8.91. The van der Waals surface area contributed by atoms with Crippen molar-refractivity contribution >= 4 is 11.5 Å². The third kappa shape index (κ3) is 6.03. The summed E-state index contributed by atoms with van der Waals surface area (Å²) in [7, 11) is 0. The van der Waals surface area contributed by atoms with Gasteiger partial charge in [-0.1, -0.05) is 71.9 Å². The van der Waals surface area contributed by atoms with Crippen molar-refractivity contribution in [2.75, 3.05) is 6.61 Å². The third-order valence-corrected chi connectivity index (χ3v) is 4.03. The fourth-order valence-corrected chi connectivity index (χ4v) is 2.69. The Morgan fingerprint density at radius 1 is 1.12 bits per heavy atom. The predicted molar refractivity (Wildman–Crippen MR) is 99.4 cm³/mol. The van der Waals surface area contributed by atoms with Gasteiger partial charge in [-0.2, -0.15) is 0 Å². The standard InChI is InChI=1S/C21H32O3/c1-15(2)19(24-20(22)16(3)4)21(6,7)14-23-13-17(5)18-11-9-8-10-12-18/h8-13,15-16,19H,14H2,1-7H3/b17-13+. The van der Waals surface area contributed by atoms with E-state index in [-0.39, 0.29) is 29.3 Å². The highest BCUT2D eigenvalue weighted by Crippen LogP contribution is 2.30. The summed E-state index contributed by atoms with van der Waals surface area (Å²) in [6.45, 7) is 14.5. The van der Waals surface area contributed by atoms with Crippen molar-refractivity contribution in [1.82, 2.24) is 0 Å². The largest absolute Gasteiger partial charge is 0.500 e. The Morgan fingerprint density at radius 2 is 1.71 bits per heavy atom. The van der Waals surface area contributed by atoms with E-state index in [2.05, 4.69) is 39.8 Å². The SMILES string of the molecule is C/C(=C\OCC(C)(C)C(OC(=O)C(C)C)C(C)C)c1ccccc1. The molecule has 0 N–H and O–H groups in total. The molecule has 1 rings (SSSR count). The summed E-state index contributed by atoms with van der Waals surface area (Å²) < 4.78 is 11.6. The summed E-state index contributed by atoms with van der Waals surface area (Å²) in [4.78, 5) is 12.0. The van der Waals surface area contributed by atoms with Crippen LogP contribution in [-0.2, 0) is 14.3 Å². The molecule has 0 aliphatic heterocycles. The smallest absolute Gasteiger partial charge is 0.308 e. The molecule has 0 aliphatic carbocycles. The van der Waals surface area contributed by atoms with E-state index >= 15 is 0 Å². The molecule has 0 spiro atoms. The van der Waals surface area contributed by atoms with E-state index in [1.807, 2.05) is 39.0 Å². The average Bonchev–Trinajstić information content (AvgIpc) is 2.52. The second-order valence-electron chi connectivity index (χ2n) is 7.72. The van der Waals surface area contributed by atoms with Gasteiger partial charge < -0.3 is 9.47 Å². The van der Waals surface area contributed by atoms with E-state index < -0.39 is 0 Å². The Labute approximate surface area is 147 Å². The lowest BCUT2D eigenvalue weighted by Crippen LogP contribution is -2.41. The van der Waals surface area contributed by atoms with Crippen LogP contribution in [0.25, 0.3) is 5.57 Å². The molecular weight excluding hydrogens is 300 g/mol. The molecule has 0 bridgehead atoms. The van der Waals surface area contributed by atoms with Gasteiger partial charge >= 0.3 is 5.97 Å². The van der Waals surface area contributed by atoms with Gasteiger partial charge in [0.1, 0.15) is 6.10 Å². The van der Waals surface area contributed by atoms with Crippen LogP contribution in [0.3, 0.4) is 0 Å². The molecule has 0 radical (unpaired) electrons. The quantitative estimate of drug-likeness (QED) is 0.478. The molecule has 0 saturated heterocycles. The summed E-state index contributed by atoms with van der Waals surface area (Å²) in [6, 6.07) is 10.1. The number of ether oxygens (including phenoxy) is 2. The van der Waals surface area contributed by atoms with Gasteiger partial charge in [0.05, 0.1) is 18.8 Å². The lowest BCUT2D eigenvalue weighted by molar-refractivity contribution is -0.165. The van der Waals surface area contributed by atoms with Crippen molar-refractivity contribution in [3.05, 3.63) is 42.2 Å². The first-order valence-electron chi connectivity index (χ1n) is 8.69. The minimum absolute atomic E-state index is 0.122. The molecule has 0 aromatic heterocycles. The number of hydrogen-bond donors (Lipinski definition) is 0. The summed E-state index contributed by atoms with van der Waals surface area (Å²) in [5.74, 6) is -0.0496. The molecule has 0 aliphatic rings.